The van der Waals surface area contributed by atoms with E-state index < -0.39 is 5.60 Å². The van der Waals surface area contributed by atoms with E-state index in [1.807, 2.05) is 61.5 Å². The molecular weight excluding hydrogens is 503 g/mol. The van der Waals surface area contributed by atoms with Crippen LogP contribution < -0.4 is 10.6 Å². The molecule has 3 aromatic rings. The SMILES string of the molecule is CCNC(=NCC(C)(O)c1ccccc1)NCCc1coc(-c2ccc(C)cc2)n1.I. The first kappa shape index (κ1) is 24.9. The van der Waals surface area contributed by atoms with Crippen LogP contribution >= 0.6 is 24.0 Å². The number of halogens is 1. The zero-order valence-corrected chi connectivity index (χ0v) is 20.6. The van der Waals surface area contributed by atoms with Gasteiger partial charge in [0.25, 0.3) is 0 Å². The first-order valence-electron chi connectivity index (χ1n) is 10.3. The van der Waals surface area contributed by atoms with Gasteiger partial charge in [-0.15, -0.1) is 24.0 Å². The third kappa shape index (κ3) is 7.36. The smallest absolute Gasteiger partial charge is 0.226 e. The minimum Gasteiger partial charge on any atom is -0.444 e. The molecule has 0 saturated heterocycles. The number of nitrogens with zero attached hydrogens (tertiary/aromatic N) is 2. The van der Waals surface area contributed by atoms with E-state index in [0.29, 0.717) is 24.8 Å². The fourth-order valence-corrected chi connectivity index (χ4v) is 3.02. The van der Waals surface area contributed by atoms with Crippen LogP contribution in [0.4, 0.5) is 0 Å². The Morgan fingerprint density at radius 3 is 2.48 bits per heavy atom. The third-order valence-electron chi connectivity index (χ3n) is 4.81. The highest BCUT2D eigenvalue weighted by molar-refractivity contribution is 14.0. The molecule has 1 unspecified atom stereocenters. The fourth-order valence-electron chi connectivity index (χ4n) is 3.02. The van der Waals surface area contributed by atoms with Gasteiger partial charge >= 0.3 is 0 Å². The Labute approximate surface area is 201 Å². The molecule has 0 aliphatic rings. The number of nitrogens with one attached hydrogen (secondary N) is 2. The van der Waals surface area contributed by atoms with Crippen molar-refractivity contribution in [3.05, 3.63) is 77.7 Å². The second-order valence-electron chi connectivity index (χ2n) is 7.52. The molecule has 0 aliphatic carbocycles. The van der Waals surface area contributed by atoms with Gasteiger partial charge in [-0.1, -0.05) is 48.0 Å². The van der Waals surface area contributed by atoms with Gasteiger partial charge in [0.2, 0.25) is 5.89 Å². The van der Waals surface area contributed by atoms with Crippen LogP contribution in [0.15, 0.2) is 70.3 Å². The molecule has 6 nitrogen and oxygen atoms in total. The lowest BCUT2D eigenvalue weighted by Gasteiger charge is -2.22. The second kappa shape index (κ2) is 11.9. The van der Waals surface area contributed by atoms with Crippen molar-refractivity contribution >= 4 is 29.9 Å². The number of aliphatic hydroxyl groups is 1. The Hall–Kier alpha value is -2.39. The van der Waals surface area contributed by atoms with E-state index >= 15 is 0 Å². The monoisotopic (exact) mass is 534 g/mol. The summed E-state index contributed by atoms with van der Waals surface area (Å²) in [7, 11) is 0. The lowest BCUT2D eigenvalue weighted by molar-refractivity contribution is 0.0672. The Morgan fingerprint density at radius 2 is 1.81 bits per heavy atom. The summed E-state index contributed by atoms with van der Waals surface area (Å²) >= 11 is 0. The maximum Gasteiger partial charge on any atom is 0.226 e. The maximum absolute atomic E-state index is 10.7. The number of benzene rings is 2. The average Bonchev–Trinajstić information content (AvgIpc) is 3.22. The summed E-state index contributed by atoms with van der Waals surface area (Å²) in [5.74, 6) is 1.29. The van der Waals surface area contributed by atoms with Crippen molar-refractivity contribution in [1.29, 1.82) is 0 Å². The van der Waals surface area contributed by atoms with E-state index in [4.69, 9.17) is 4.42 Å². The number of aryl methyl sites for hydroxylation is 1. The fraction of sp³-hybridized carbons (Fsp3) is 0.333. The van der Waals surface area contributed by atoms with Crippen molar-refractivity contribution in [1.82, 2.24) is 15.6 Å². The van der Waals surface area contributed by atoms with Crippen molar-refractivity contribution < 1.29 is 9.52 Å². The predicted octanol–water partition coefficient (Wildman–Crippen LogP) is 4.27. The molecular formula is C24H31IN4O2. The van der Waals surface area contributed by atoms with Crippen molar-refractivity contribution in [2.45, 2.75) is 32.8 Å². The van der Waals surface area contributed by atoms with Crippen molar-refractivity contribution in [2.75, 3.05) is 19.6 Å². The first-order valence-corrected chi connectivity index (χ1v) is 10.3. The van der Waals surface area contributed by atoms with Gasteiger partial charge in [-0.05, 0) is 38.5 Å². The zero-order valence-electron chi connectivity index (χ0n) is 18.3. The van der Waals surface area contributed by atoms with Crippen LogP contribution in [0, 0.1) is 6.92 Å². The summed E-state index contributed by atoms with van der Waals surface area (Å²) in [5.41, 5.74) is 2.87. The third-order valence-corrected chi connectivity index (χ3v) is 4.81. The number of hydrogen-bond acceptors (Lipinski definition) is 4. The highest BCUT2D eigenvalue weighted by atomic mass is 127. The molecule has 2 aromatic carbocycles. The molecule has 0 bridgehead atoms. The zero-order chi connectivity index (χ0) is 21.4. The number of rotatable bonds is 8. The molecule has 3 N–H and O–H groups in total. The molecule has 0 aliphatic heterocycles. The van der Waals surface area contributed by atoms with Gasteiger partial charge in [0.05, 0.1) is 12.2 Å². The molecule has 0 saturated carbocycles. The molecule has 1 atom stereocenters. The Bertz CT molecular complexity index is 953. The van der Waals surface area contributed by atoms with Crippen molar-refractivity contribution in [3.8, 4) is 11.5 Å². The standard InChI is InChI=1S/C24H30N4O2.HI/c1-4-25-23(27-17-24(3,29)20-8-6-5-7-9-20)26-15-14-21-16-30-22(28-21)19-12-10-18(2)11-13-19;/h5-13,16,29H,4,14-15,17H2,1-3H3,(H2,25,26,27);1H. The second-order valence-corrected chi connectivity index (χ2v) is 7.52. The number of aromatic nitrogens is 1. The highest BCUT2D eigenvalue weighted by Crippen LogP contribution is 2.20. The Kier molecular flexibility index (Phi) is 9.51. The minimum absolute atomic E-state index is 0. The van der Waals surface area contributed by atoms with Crippen LogP contribution in [-0.2, 0) is 12.0 Å². The van der Waals surface area contributed by atoms with E-state index in [1.54, 1.807) is 13.2 Å². The molecule has 0 spiro atoms. The van der Waals surface area contributed by atoms with Crippen molar-refractivity contribution in [3.63, 3.8) is 0 Å². The average molecular weight is 534 g/mol. The number of oxazole rings is 1. The van der Waals surface area contributed by atoms with Gasteiger partial charge in [0.15, 0.2) is 5.96 Å². The molecule has 0 radical (unpaired) electrons. The van der Waals surface area contributed by atoms with Gasteiger partial charge in [-0.2, -0.15) is 0 Å². The van der Waals surface area contributed by atoms with Gasteiger partial charge in [-0.25, -0.2) is 9.98 Å². The molecule has 3 rings (SSSR count). The van der Waals surface area contributed by atoms with Gasteiger partial charge in [0.1, 0.15) is 11.9 Å². The van der Waals surface area contributed by atoms with E-state index in [-0.39, 0.29) is 30.5 Å². The molecule has 0 amide bonds. The Morgan fingerprint density at radius 1 is 1.10 bits per heavy atom. The quantitative estimate of drug-likeness (QED) is 0.229. The number of guanidine groups is 1. The lowest BCUT2D eigenvalue weighted by Crippen LogP contribution is -2.39. The van der Waals surface area contributed by atoms with E-state index in [0.717, 1.165) is 23.4 Å². The largest absolute Gasteiger partial charge is 0.444 e. The van der Waals surface area contributed by atoms with Crippen LogP contribution in [0.25, 0.3) is 11.5 Å². The topological polar surface area (TPSA) is 82.7 Å². The maximum atomic E-state index is 10.7. The predicted molar refractivity (Wildman–Crippen MR) is 136 cm³/mol. The summed E-state index contributed by atoms with van der Waals surface area (Å²) in [6.45, 7) is 7.49. The summed E-state index contributed by atoms with van der Waals surface area (Å²) in [6, 6.07) is 17.7. The van der Waals surface area contributed by atoms with Crippen LogP contribution in [0.1, 0.15) is 30.7 Å². The number of hydrogen-bond donors (Lipinski definition) is 3. The van der Waals surface area contributed by atoms with Crippen LogP contribution in [-0.4, -0.2) is 35.7 Å². The molecule has 31 heavy (non-hydrogen) atoms. The Balaban J connectivity index is 0.00000341. The van der Waals surface area contributed by atoms with Gasteiger partial charge < -0.3 is 20.2 Å². The summed E-state index contributed by atoms with van der Waals surface area (Å²) in [5, 5.41) is 17.3. The van der Waals surface area contributed by atoms with E-state index in [1.165, 1.54) is 5.56 Å². The minimum atomic E-state index is -1.03. The summed E-state index contributed by atoms with van der Waals surface area (Å²) in [6.07, 6.45) is 2.40. The van der Waals surface area contributed by atoms with Crippen molar-refractivity contribution in [2.24, 2.45) is 4.99 Å². The molecule has 1 heterocycles. The lowest BCUT2D eigenvalue weighted by atomic mass is 9.96. The normalized spacial score (nSPS) is 13.2. The molecule has 1 aromatic heterocycles. The van der Waals surface area contributed by atoms with Crippen LogP contribution in [0.3, 0.4) is 0 Å². The highest BCUT2D eigenvalue weighted by Gasteiger charge is 2.22. The molecule has 7 heteroatoms. The van der Waals surface area contributed by atoms with Crippen LogP contribution in [0.2, 0.25) is 0 Å². The molecule has 166 valence electrons. The first-order chi connectivity index (χ1) is 14.5. The molecule has 0 fully saturated rings. The number of aliphatic imine (C=N–C) groups is 1. The van der Waals surface area contributed by atoms with Gasteiger partial charge in [0, 0.05) is 25.1 Å². The van der Waals surface area contributed by atoms with E-state index in [2.05, 4.69) is 27.5 Å². The van der Waals surface area contributed by atoms with Crippen LogP contribution in [0.5, 0.6) is 0 Å². The van der Waals surface area contributed by atoms with E-state index in [9.17, 15) is 5.11 Å². The summed E-state index contributed by atoms with van der Waals surface area (Å²) in [4.78, 5) is 9.13. The van der Waals surface area contributed by atoms with Gasteiger partial charge in [-0.3, -0.25) is 0 Å². The summed E-state index contributed by atoms with van der Waals surface area (Å²) < 4.78 is 5.62.